The number of carbonyl (C=O) groups is 1. The summed E-state index contributed by atoms with van der Waals surface area (Å²) in [6.07, 6.45) is 11.7. The van der Waals surface area contributed by atoms with E-state index in [-0.39, 0.29) is 11.4 Å². The summed E-state index contributed by atoms with van der Waals surface area (Å²) in [5.74, 6) is -0.0297. The molecule has 0 saturated heterocycles. The Bertz CT molecular complexity index is 216. The molecule has 0 fully saturated rings. The Balaban J connectivity index is 3.23. The first kappa shape index (κ1) is 18.5. The second-order valence-corrected chi connectivity index (χ2v) is 6.76. The van der Waals surface area contributed by atoms with E-state index >= 15 is 0 Å². The van der Waals surface area contributed by atoms with Gasteiger partial charge >= 0.3 is 5.97 Å². The van der Waals surface area contributed by atoms with Crippen molar-refractivity contribution in [3.8, 4) is 0 Å². The minimum atomic E-state index is -0.0297. The van der Waals surface area contributed by atoms with Crippen molar-refractivity contribution in [3.63, 3.8) is 0 Å². The molecule has 114 valence electrons. The Labute approximate surface area is 120 Å². The van der Waals surface area contributed by atoms with Crippen molar-refractivity contribution < 1.29 is 9.53 Å². The van der Waals surface area contributed by atoms with Crippen LogP contribution in [0.4, 0.5) is 0 Å². The van der Waals surface area contributed by atoms with Crippen molar-refractivity contribution in [3.05, 3.63) is 0 Å². The van der Waals surface area contributed by atoms with Crippen LogP contribution < -0.4 is 0 Å². The summed E-state index contributed by atoms with van der Waals surface area (Å²) in [6.45, 7) is 9.31. The van der Waals surface area contributed by atoms with Gasteiger partial charge in [-0.05, 0) is 18.3 Å². The van der Waals surface area contributed by atoms with Gasteiger partial charge in [0, 0.05) is 6.42 Å². The van der Waals surface area contributed by atoms with E-state index in [9.17, 15) is 4.79 Å². The van der Waals surface area contributed by atoms with Crippen molar-refractivity contribution in [2.75, 3.05) is 6.61 Å². The highest BCUT2D eigenvalue weighted by atomic mass is 16.5. The van der Waals surface area contributed by atoms with Crippen molar-refractivity contribution in [2.45, 2.75) is 91.9 Å². The number of carbonyl (C=O) groups excluding carboxylic acids is 1. The van der Waals surface area contributed by atoms with Gasteiger partial charge in [0.2, 0.25) is 0 Å². The maximum atomic E-state index is 11.5. The first-order chi connectivity index (χ1) is 8.95. The van der Waals surface area contributed by atoms with E-state index in [4.69, 9.17) is 4.74 Å². The average Bonchev–Trinajstić information content (AvgIpc) is 2.33. The lowest BCUT2D eigenvalue weighted by atomic mass is 9.91. The second kappa shape index (κ2) is 11.3. The summed E-state index contributed by atoms with van der Waals surface area (Å²) >= 11 is 0. The Hall–Kier alpha value is -0.530. The molecule has 0 amide bonds. The monoisotopic (exact) mass is 270 g/mol. The highest BCUT2D eigenvalue weighted by molar-refractivity contribution is 5.69. The zero-order chi connectivity index (χ0) is 14.6. The van der Waals surface area contributed by atoms with Gasteiger partial charge in [-0.1, -0.05) is 72.6 Å². The molecule has 0 atom stereocenters. The van der Waals surface area contributed by atoms with Gasteiger partial charge in [-0.25, -0.2) is 0 Å². The van der Waals surface area contributed by atoms with E-state index in [2.05, 4.69) is 27.7 Å². The quantitative estimate of drug-likeness (QED) is 0.366. The first-order valence-corrected chi connectivity index (χ1v) is 8.11. The smallest absolute Gasteiger partial charge is 0.305 e. The lowest BCUT2D eigenvalue weighted by molar-refractivity contribution is -0.144. The van der Waals surface area contributed by atoms with Crippen LogP contribution in [0, 0.1) is 5.41 Å². The third-order valence-electron chi connectivity index (χ3n) is 3.34. The molecule has 0 spiro atoms. The third kappa shape index (κ3) is 15.4. The Morgan fingerprint density at radius 1 is 0.895 bits per heavy atom. The molecule has 0 N–H and O–H groups in total. The number of hydrogen-bond donors (Lipinski definition) is 0. The highest BCUT2D eigenvalue weighted by Gasteiger charge is 2.13. The van der Waals surface area contributed by atoms with Crippen LogP contribution in [0.5, 0.6) is 0 Å². The van der Waals surface area contributed by atoms with Crippen LogP contribution in [0.25, 0.3) is 0 Å². The van der Waals surface area contributed by atoms with E-state index < -0.39 is 0 Å². The first-order valence-electron chi connectivity index (χ1n) is 8.11. The van der Waals surface area contributed by atoms with Crippen LogP contribution in [-0.2, 0) is 9.53 Å². The molecule has 0 unspecified atom stereocenters. The van der Waals surface area contributed by atoms with Crippen LogP contribution in [0.3, 0.4) is 0 Å². The molecule has 2 nitrogen and oxygen atoms in total. The van der Waals surface area contributed by atoms with E-state index in [1.54, 1.807) is 0 Å². The summed E-state index contributed by atoms with van der Waals surface area (Å²) in [5, 5.41) is 0. The third-order valence-corrected chi connectivity index (χ3v) is 3.34. The number of unbranched alkanes of at least 4 members (excludes halogenated alkanes) is 7. The molecule has 0 aromatic heterocycles. The van der Waals surface area contributed by atoms with Crippen LogP contribution in [0.2, 0.25) is 0 Å². The SMILES string of the molecule is CCCCCCCCCCOC(=O)CCC(C)(C)C. The lowest BCUT2D eigenvalue weighted by Crippen LogP contribution is -2.11. The zero-order valence-electron chi connectivity index (χ0n) is 13.6. The maximum Gasteiger partial charge on any atom is 0.305 e. The van der Waals surface area contributed by atoms with E-state index in [1.165, 1.54) is 44.9 Å². The molecule has 0 heterocycles. The molecule has 19 heavy (non-hydrogen) atoms. The van der Waals surface area contributed by atoms with E-state index in [0.29, 0.717) is 13.0 Å². The molecule has 0 aliphatic carbocycles. The summed E-state index contributed by atoms with van der Waals surface area (Å²) in [4.78, 5) is 11.5. The molecule has 0 saturated carbocycles. The van der Waals surface area contributed by atoms with Crippen LogP contribution in [0.1, 0.15) is 91.9 Å². The van der Waals surface area contributed by atoms with Gasteiger partial charge in [0.15, 0.2) is 0 Å². The van der Waals surface area contributed by atoms with Gasteiger partial charge in [-0.15, -0.1) is 0 Å². The minimum Gasteiger partial charge on any atom is -0.466 e. The normalized spacial score (nSPS) is 11.6. The van der Waals surface area contributed by atoms with E-state index in [0.717, 1.165) is 12.8 Å². The molecular formula is C17H34O2. The lowest BCUT2D eigenvalue weighted by Gasteiger charge is -2.16. The predicted molar refractivity (Wildman–Crippen MR) is 82.3 cm³/mol. The maximum absolute atomic E-state index is 11.5. The topological polar surface area (TPSA) is 26.3 Å². The van der Waals surface area contributed by atoms with Crippen molar-refractivity contribution in [2.24, 2.45) is 5.41 Å². The summed E-state index contributed by atoms with van der Waals surface area (Å²) in [6, 6.07) is 0. The number of ether oxygens (including phenoxy) is 1. The second-order valence-electron chi connectivity index (χ2n) is 6.76. The molecule has 0 aliphatic rings. The van der Waals surface area contributed by atoms with Gasteiger partial charge in [-0.3, -0.25) is 4.79 Å². The fourth-order valence-electron chi connectivity index (χ4n) is 1.97. The van der Waals surface area contributed by atoms with E-state index in [1.807, 2.05) is 0 Å². The fraction of sp³-hybridized carbons (Fsp3) is 0.941. The molecule has 0 rings (SSSR count). The van der Waals surface area contributed by atoms with Gasteiger partial charge in [0.25, 0.3) is 0 Å². The molecule has 0 aromatic rings. The van der Waals surface area contributed by atoms with Gasteiger partial charge in [0.1, 0.15) is 0 Å². The summed E-state index contributed by atoms with van der Waals surface area (Å²) < 4.78 is 5.24. The van der Waals surface area contributed by atoms with Gasteiger partial charge in [0.05, 0.1) is 6.61 Å². The Kier molecular flexibility index (Phi) is 11.0. The number of esters is 1. The van der Waals surface area contributed by atoms with Crippen LogP contribution in [-0.4, -0.2) is 12.6 Å². The molecule has 0 aliphatic heterocycles. The molecule has 0 aromatic carbocycles. The van der Waals surface area contributed by atoms with Gasteiger partial charge in [-0.2, -0.15) is 0 Å². The molecule has 0 radical (unpaired) electrons. The standard InChI is InChI=1S/C17H34O2/c1-5-6-7-8-9-10-11-12-15-19-16(18)13-14-17(2,3)4/h5-15H2,1-4H3. The zero-order valence-corrected chi connectivity index (χ0v) is 13.6. The minimum absolute atomic E-state index is 0.0297. The summed E-state index contributed by atoms with van der Waals surface area (Å²) in [5.41, 5.74) is 0.220. The Morgan fingerprint density at radius 2 is 1.42 bits per heavy atom. The molecule has 0 bridgehead atoms. The molecular weight excluding hydrogens is 236 g/mol. The summed E-state index contributed by atoms with van der Waals surface area (Å²) in [7, 11) is 0. The Morgan fingerprint density at radius 3 is 1.95 bits per heavy atom. The van der Waals surface area contributed by atoms with Crippen molar-refractivity contribution >= 4 is 5.97 Å². The van der Waals surface area contributed by atoms with Gasteiger partial charge < -0.3 is 4.74 Å². The fourth-order valence-corrected chi connectivity index (χ4v) is 1.97. The number of hydrogen-bond acceptors (Lipinski definition) is 2. The van der Waals surface area contributed by atoms with Crippen molar-refractivity contribution in [1.29, 1.82) is 0 Å². The van der Waals surface area contributed by atoms with Crippen LogP contribution >= 0.6 is 0 Å². The highest BCUT2D eigenvalue weighted by Crippen LogP contribution is 2.20. The van der Waals surface area contributed by atoms with Crippen LogP contribution in [0.15, 0.2) is 0 Å². The predicted octanol–water partition coefficient (Wildman–Crippen LogP) is 5.50. The van der Waals surface area contributed by atoms with Crippen molar-refractivity contribution in [1.82, 2.24) is 0 Å². The average molecular weight is 270 g/mol. The molecule has 2 heteroatoms. The number of rotatable bonds is 11. The largest absolute Gasteiger partial charge is 0.466 e.